The highest BCUT2D eigenvalue weighted by Gasteiger charge is 2.13. The number of halogens is 2. The Hall–Kier alpha value is -1.98. The molecular weight excluding hydrogens is 301 g/mol. The number of nitrogens with two attached hydrogens (primary N) is 1. The maximum Gasteiger partial charge on any atom is 0.292 e. The zero-order valence-corrected chi connectivity index (χ0v) is 12.0. The van der Waals surface area contributed by atoms with Crippen molar-refractivity contribution in [2.75, 3.05) is 11.1 Å². The monoisotopic (exact) mass is 311 g/mol. The first-order valence-corrected chi connectivity index (χ1v) is 6.41. The largest absolute Gasteiger partial charge is 0.393 e. The number of anilines is 3. The van der Waals surface area contributed by atoms with E-state index in [0.717, 1.165) is 5.56 Å². The zero-order chi connectivity index (χ0) is 14.9. The molecule has 0 radical (unpaired) electrons. The predicted octanol–water partition coefficient (Wildman–Crippen LogP) is 4.54. The summed E-state index contributed by atoms with van der Waals surface area (Å²) in [5.41, 5.74) is 7.55. The molecule has 0 atom stereocenters. The van der Waals surface area contributed by atoms with Gasteiger partial charge in [-0.25, -0.2) is 0 Å². The van der Waals surface area contributed by atoms with E-state index in [1.165, 1.54) is 12.1 Å². The van der Waals surface area contributed by atoms with Crippen molar-refractivity contribution in [3.63, 3.8) is 0 Å². The van der Waals surface area contributed by atoms with Gasteiger partial charge in [0, 0.05) is 11.8 Å². The van der Waals surface area contributed by atoms with E-state index in [1.807, 2.05) is 6.92 Å². The molecule has 0 bridgehead atoms. The summed E-state index contributed by atoms with van der Waals surface area (Å²) >= 11 is 12.3. The van der Waals surface area contributed by atoms with Gasteiger partial charge in [-0.2, -0.15) is 0 Å². The lowest BCUT2D eigenvalue weighted by molar-refractivity contribution is -0.383. The van der Waals surface area contributed by atoms with Crippen molar-refractivity contribution in [3.05, 3.63) is 56.1 Å². The second-order valence-electron chi connectivity index (χ2n) is 4.21. The molecule has 0 aliphatic rings. The third-order valence-corrected chi connectivity index (χ3v) is 3.58. The summed E-state index contributed by atoms with van der Waals surface area (Å²) in [7, 11) is 0. The van der Waals surface area contributed by atoms with Gasteiger partial charge < -0.3 is 11.1 Å². The molecule has 0 fully saturated rings. The van der Waals surface area contributed by atoms with Crippen molar-refractivity contribution < 1.29 is 4.92 Å². The number of nitro benzene ring substituents is 1. The Kier molecular flexibility index (Phi) is 4.01. The Balaban J connectivity index is 2.39. The van der Waals surface area contributed by atoms with Crippen LogP contribution in [0.15, 0.2) is 30.3 Å². The number of rotatable bonds is 3. The Labute approximate surface area is 125 Å². The molecule has 3 N–H and O–H groups in total. The van der Waals surface area contributed by atoms with Gasteiger partial charge in [-0.05, 0) is 30.7 Å². The third-order valence-electron chi connectivity index (χ3n) is 2.78. The zero-order valence-electron chi connectivity index (χ0n) is 10.5. The molecule has 0 saturated carbocycles. The van der Waals surface area contributed by atoms with Gasteiger partial charge >= 0.3 is 0 Å². The van der Waals surface area contributed by atoms with Crippen LogP contribution in [0.2, 0.25) is 10.0 Å². The normalized spacial score (nSPS) is 10.3. The summed E-state index contributed by atoms with van der Waals surface area (Å²) in [6.45, 7) is 1.86. The number of hydrogen-bond acceptors (Lipinski definition) is 4. The topological polar surface area (TPSA) is 81.2 Å². The highest BCUT2D eigenvalue weighted by Crippen LogP contribution is 2.36. The SMILES string of the molecule is Cc1ccc(Cl)c(Nc2ccc([N+](=O)[O-])c(N)c2)c1Cl. The summed E-state index contributed by atoms with van der Waals surface area (Å²) in [5.74, 6) is 0. The molecule has 2 aromatic carbocycles. The van der Waals surface area contributed by atoms with E-state index >= 15 is 0 Å². The number of aryl methyl sites for hydroxylation is 1. The molecule has 2 rings (SSSR count). The van der Waals surface area contributed by atoms with Crippen molar-refractivity contribution >= 4 is 46.0 Å². The van der Waals surface area contributed by atoms with E-state index in [0.29, 0.717) is 21.4 Å². The van der Waals surface area contributed by atoms with Crippen LogP contribution in [0.3, 0.4) is 0 Å². The average Bonchev–Trinajstić information content (AvgIpc) is 2.39. The van der Waals surface area contributed by atoms with Crippen molar-refractivity contribution in [1.82, 2.24) is 0 Å². The van der Waals surface area contributed by atoms with Crippen molar-refractivity contribution in [1.29, 1.82) is 0 Å². The van der Waals surface area contributed by atoms with Crippen molar-refractivity contribution in [2.45, 2.75) is 6.92 Å². The van der Waals surface area contributed by atoms with Crippen LogP contribution in [0.5, 0.6) is 0 Å². The molecule has 104 valence electrons. The predicted molar refractivity (Wildman–Crippen MR) is 82.0 cm³/mol. The molecule has 0 saturated heterocycles. The number of nitro groups is 1. The molecule has 0 unspecified atom stereocenters. The van der Waals surface area contributed by atoms with Crippen LogP contribution < -0.4 is 11.1 Å². The molecule has 5 nitrogen and oxygen atoms in total. The summed E-state index contributed by atoms with van der Waals surface area (Å²) in [6, 6.07) is 7.87. The van der Waals surface area contributed by atoms with Gasteiger partial charge in [0.25, 0.3) is 5.69 Å². The number of nitrogens with one attached hydrogen (secondary N) is 1. The molecule has 0 heterocycles. The standard InChI is InChI=1S/C13H11Cl2N3O2/c1-7-2-4-9(14)13(12(7)15)17-8-3-5-11(18(19)20)10(16)6-8/h2-6,17H,16H2,1H3. The first kappa shape index (κ1) is 14.4. The lowest BCUT2D eigenvalue weighted by Crippen LogP contribution is -1.98. The maximum absolute atomic E-state index is 10.7. The number of nitrogens with zero attached hydrogens (tertiary/aromatic N) is 1. The van der Waals surface area contributed by atoms with Gasteiger partial charge in [-0.3, -0.25) is 10.1 Å². The summed E-state index contributed by atoms with van der Waals surface area (Å²) in [4.78, 5) is 10.2. The Bertz CT molecular complexity index is 690. The summed E-state index contributed by atoms with van der Waals surface area (Å²) in [6.07, 6.45) is 0. The molecule has 0 aliphatic carbocycles. The van der Waals surface area contributed by atoms with Gasteiger partial charge in [0.2, 0.25) is 0 Å². The molecule has 0 aromatic heterocycles. The lowest BCUT2D eigenvalue weighted by Gasteiger charge is -2.12. The van der Waals surface area contributed by atoms with E-state index < -0.39 is 4.92 Å². The van der Waals surface area contributed by atoms with Crippen molar-refractivity contribution in [2.24, 2.45) is 0 Å². The molecule has 0 aliphatic heterocycles. The lowest BCUT2D eigenvalue weighted by atomic mass is 10.2. The van der Waals surface area contributed by atoms with Gasteiger partial charge in [0.15, 0.2) is 0 Å². The third kappa shape index (κ3) is 2.79. The van der Waals surface area contributed by atoms with Gasteiger partial charge in [0.1, 0.15) is 5.69 Å². The smallest absolute Gasteiger partial charge is 0.292 e. The first-order valence-electron chi connectivity index (χ1n) is 5.65. The fourth-order valence-electron chi connectivity index (χ4n) is 1.71. The molecule has 2 aromatic rings. The van der Waals surface area contributed by atoms with Crippen LogP contribution in [0, 0.1) is 17.0 Å². The highest BCUT2D eigenvalue weighted by atomic mass is 35.5. The highest BCUT2D eigenvalue weighted by molar-refractivity contribution is 6.39. The van der Waals surface area contributed by atoms with Crippen LogP contribution >= 0.6 is 23.2 Å². The van der Waals surface area contributed by atoms with Gasteiger partial charge in [0.05, 0.1) is 20.7 Å². The minimum Gasteiger partial charge on any atom is -0.393 e. The fraction of sp³-hybridized carbons (Fsp3) is 0.0769. The Morgan fingerprint density at radius 2 is 1.95 bits per heavy atom. The number of nitrogen functional groups attached to an aromatic ring is 1. The fourth-order valence-corrected chi connectivity index (χ4v) is 2.18. The summed E-state index contributed by atoms with van der Waals surface area (Å²) < 4.78 is 0. The van der Waals surface area contributed by atoms with Crippen LogP contribution in [0.25, 0.3) is 0 Å². The Morgan fingerprint density at radius 3 is 2.55 bits per heavy atom. The van der Waals surface area contributed by atoms with Gasteiger partial charge in [-0.15, -0.1) is 0 Å². The van der Waals surface area contributed by atoms with E-state index in [2.05, 4.69) is 5.32 Å². The molecule has 0 amide bonds. The number of hydrogen-bond donors (Lipinski definition) is 2. The van der Waals surface area contributed by atoms with Gasteiger partial charge in [-0.1, -0.05) is 29.3 Å². The average molecular weight is 312 g/mol. The van der Waals surface area contributed by atoms with E-state index in [1.54, 1.807) is 18.2 Å². The quantitative estimate of drug-likeness (QED) is 0.495. The second kappa shape index (κ2) is 5.56. The summed E-state index contributed by atoms with van der Waals surface area (Å²) in [5, 5.41) is 14.7. The minimum absolute atomic E-state index is 0.0693. The molecule has 20 heavy (non-hydrogen) atoms. The van der Waals surface area contributed by atoms with E-state index in [4.69, 9.17) is 28.9 Å². The van der Waals surface area contributed by atoms with Crippen LogP contribution in [-0.2, 0) is 0 Å². The van der Waals surface area contributed by atoms with Crippen LogP contribution in [-0.4, -0.2) is 4.92 Å². The molecular formula is C13H11Cl2N3O2. The first-order chi connectivity index (χ1) is 9.40. The number of benzene rings is 2. The second-order valence-corrected chi connectivity index (χ2v) is 4.99. The van der Waals surface area contributed by atoms with Crippen LogP contribution in [0.4, 0.5) is 22.7 Å². The molecule has 7 heteroatoms. The molecule has 0 spiro atoms. The van der Waals surface area contributed by atoms with Crippen LogP contribution in [0.1, 0.15) is 5.56 Å². The maximum atomic E-state index is 10.7. The van der Waals surface area contributed by atoms with E-state index in [-0.39, 0.29) is 11.4 Å². The minimum atomic E-state index is -0.536. The van der Waals surface area contributed by atoms with Crippen molar-refractivity contribution in [3.8, 4) is 0 Å². The van der Waals surface area contributed by atoms with E-state index in [9.17, 15) is 10.1 Å². The Morgan fingerprint density at radius 1 is 1.25 bits per heavy atom.